The van der Waals surface area contributed by atoms with Crippen LogP contribution in [0.2, 0.25) is 0 Å². The van der Waals surface area contributed by atoms with E-state index in [9.17, 15) is 0 Å². The normalized spacial score (nSPS) is 25.6. The molecule has 0 aromatic carbocycles. The van der Waals surface area contributed by atoms with Crippen molar-refractivity contribution in [3.63, 3.8) is 0 Å². The lowest BCUT2D eigenvalue weighted by atomic mass is 10.1. The molecule has 2 rings (SSSR count). The first-order chi connectivity index (χ1) is 8.24. The van der Waals surface area contributed by atoms with Crippen LogP contribution in [0.4, 0.5) is 0 Å². The zero-order valence-corrected chi connectivity index (χ0v) is 11.0. The minimum Gasteiger partial charge on any atom is -0.333 e. The van der Waals surface area contributed by atoms with Crippen LogP contribution in [0.3, 0.4) is 0 Å². The molecule has 1 aromatic heterocycles. The molecule has 0 saturated carbocycles. The van der Waals surface area contributed by atoms with Crippen molar-refractivity contribution in [1.82, 2.24) is 14.5 Å². The second-order valence-electron chi connectivity index (χ2n) is 5.19. The summed E-state index contributed by atoms with van der Waals surface area (Å²) in [7, 11) is 0. The van der Waals surface area contributed by atoms with Gasteiger partial charge in [0.05, 0.1) is 12.0 Å². The van der Waals surface area contributed by atoms with Gasteiger partial charge in [0, 0.05) is 31.9 Å². The Kier molecular flexibility index (Phi) is 4.18. The molecule has 0 spiro atoms. The Morgan fingerprint density at radius 2 is 2.35 bits per heavy atom. The molecule has 4 nitrogen and oxygen atoms in total. The summed E-state index contributed by atoms with van der Waals surface area (Å²) in [6.45, 7) is 8.53. The Morgan fingerprint density at radius 1 is 1.53 bits per heavy atom. The number of nitrogens with zero attached hydrogens (tertiary/aromatic N) is 3. The van der Waals surface area contributed by atoms with E-state index < -0.39 is 0 Å². The highest BCUT2D eigenvalue weighted by Gasteiger charge is 2.28. The molecule has 2 heterocycles. The first kappa shape index (κ1) is 12.6. The number of hydrogen-bond donors (Lipinski definition) is 1. The van der Waals surface area contributed by atoms with Crippen molar-refractivity contribution in [3.8, 4) is 0 Å². The molecule has 1 aliphatic rings. The van der Waals surface area contributed by atoms with Gasteiger partial charge in [-0.15, -0.1) is 0 Å². The highest BCUT2D eigenvalue weighted by atomic mass is 15.2. The molecule has 2 N–H and O–H groups in total. The number of aryl methyl sites for hydroxylation is 1. The minimum absolute atomic E-state index is 0.647. The zero-order chi connectivity index (χ0) is 12.3. The van der Waals surface area contributed by atoms with E-state index in [4.69, 9.17) is 5.73 Å². The Labute approximate surface area is 104 Å². The molecular formula is C13H24N4. The molecule has 1 fully saturated rings. The van der Waals surface area contributed by atoms with Gasteiger partial charge in [-0.25, -0.2) is 4.98 Å². The van der Waals surface area contributed by atoms with Crippen LogP contribution in [-0.2, 0) is 13.1 Å². The van der Waals surface area contributed by atoms with Gasteiger partial charge in [-0.05, 0) is 32.2 Å². The number of likely N-dealkylation sites (tertiary alicyclic amines) is 1. The average Bonchev–Trinajstić information content (AvgIpc) is 2.88. The lowest BCUT2D eigenvalue weighted by Gasteiger charge is -2.21. The van der Waals surface area contributed by atoms with E-state index in [0.717, 1.165) is 32.6 Å². The van der Waals surface area contributed by atoms with Crippen LogP contribution in [0.5, 0.6) is 0 Å². The van der Waals surface area contributed by atoms with Crippen molar-refractivity contribution < 1.29 is 0 Å². The highest BCUT2D eigenvalue weighted by Crippen LogP contribution is 2.23. The van der Waals surface area contributed by atoms with Crippen molar-refractivity contribution in [2.24, 2.45) is 11.7 Å². The number of nitrogens with two attached hydrogens (primary N) is 1. The molecule has 0 amide bonds. The third-order valence-electron chi connectivity index (χ3n) is 3.75. The van der Waals surface area contributed by atoms with E-state index in [2.05, 4.69) is 28.3 Å². The third kappa shape index (κ3) is 2.87. The maximum absolute atomic E-state index is 5.77. The molecule has 96 valence electrons. The van der Waals surface area contributed by atoms with Crippen molar-refractivity contribution in [1.29, 1.82) is 0 Å². The first-order valence-electron chi connectivity index (χ1n) is 6.67. The molecule has 2 atom stereocenters. The summed E-state index contributed by atoms with van der Waals surface area (Å²) in [4.78, 5) is 6.79. The van der Waals surface area contributed by atoms with Crippen LogP contribution in [0.25, 0.3) is 0 Å². The standard InChI is InChI=1S/C13H24N4/c1-3-4-16-10-15-7-13(16)9-17-8-12(6-14)5-11(17)2/h7,10-12H,3-6,8-9,14H2,1-2H3. The molecular weight excluding hydrogens is 212 g/mol. The fourth-order valence-corrected chi connectivity index (χ4v) is 2.74. The number of imidazole rings is 1. The molecule has 4 heteroatoms. The van der Waals surface area contributed by atoms with Crippen LogP contribution in [0.1, 0.15) is 32.4 Å². The van der Waals surface area contributed by atoms with E-state index in [1.165, 1.54) is 12.1 Å². The Bertz CT molecular complexity index is 347. The van der Waals surface area contributed by atoms with E-state index >= 15 is 0 Å². The lowest BCUT2D eigenvalue weighted by Crippen LogP contribution is -2.28. The maximum Gasteiger partial charge on any atom is 0.0948 e. The smallest absolute Gasteiger partial charge is 0.0948 e. The third-order valence-corrected chi connectivity index (χ3v) is 3.75. The summed E-state index contributed by atoms with van der Waals surface area (Å²) in [5.41, 5.74) is 7.09. The number of aromatic nitrogens is 2. The zero-order valence-electron chi connectivity index (χ0n) is 11.0. The van der Waals surface area contributed by atoms with Gasteiger partial charge >= 0.3 is 0 Å². The van der Waals surface area contributed by atoms with Crippen LogP contribution < -0.4 is 5.73 Å². The van der Waals surface area contributed by atoms with Gasteiger partial charge in [-0.2, -0.15) is 0 Å². The van der Waals surface area contributed by atoms with E-state index in [0.29, 0.717) is 12.0 Å². The highest BCUT2D eigenvalue weighted by molar-refractivity contribution is 5.00. The topological polar surface area (TPSA) is 47.1 Å². The van der Waals surface area contributed by atoms with Gasteiger partial charge in [0.2, 0.25) is 0 Å². The van der Waals surface area contributed by atoms with Crippen LogP contribution in [0.15, 0.2) is 12.5 Å². The molecule has 0 bridgehead atoms. The second kappa shape index (κ2) is 5.65. The van der Waals surface area contributed by atoms with E-state index in [-0.39, 0.29) is 0 Å². The average molecular weight is 236 g/mol. The minimum atomic E-state index is 0.647. The first-order valence-corrected chi connectivity index (χ1v) is 6.67. The summed E-state index contributed by atoms with van der Waals surface area (Å²) < 4.78 is 2.27. The monoisotopic (exact) mass is 236 g/mol. The van der Waals surface area contributed by atoms with E-state index in [1.54, 1.807) is 0 Å². The number of hydrogen-bond acceptors (Lipinski definition) is 3. The van der Waals surface area contributed by atoms with Crippen molar-refractivity contribution >= 4 is 0 Å². The Morgan fingerprint density at radius 3 is 3.00 bits per heavy atom. The Balaban J connectivity index is 1.98. The van der Waals surface area contributed by atoms with Gasteiger partial charge in [0.1, 0.15) is 0 Å². The second-order valence-corrected chi connectivity index (χ2v) is 5.19. The van der Waals surface area contributed by atoms with Gasteiger partial charge < -0.3 is 10.3 Å². The molecule has 1 aliphatic heterocycles. The van der Waals surface area contributed by atoms with Crippen molar-refractivity contribution in [3.05, 3.63) is 18.2 Å². The fourth-order valence-electron chi connectivity index (χ4n) is 2.74. The summed E-state index contributed by atoms with van der Waals surface area (Å²) in [6.07, 6.45) is 6.33. The van der Waals surface area contributed by atoms with Gasteiger partial charge in [0.25, 0.3) is 0 Å². The van der Waals surface area contributed by atoms with Crippen molar-refractivity contribution in [2.75, 3.05) is 13.1 Å². The molecule has 17 heavy (non-hydrogen) atoms. The predicted octanol–water partition coefficient (Wildman–Crippen LogP) is 1.46. The van der Waals surface area contributed by atoms with Gasteiger partial charge in [0.15, 0.2) is 0 Å². The molecule has 2 unspecified atom stereocenters. The van der Waals surface area contributed by atoms with E-state index in [1.807, 2.05) is 12.5 Å². The Hall–Kier alpha value is -0.870. The summed E-state index contributed by atoms with van der Waals surface area (Å²) >= 11 is 0. The predicted molar refractivity (Wildman–Crippen MR) is 69.6 cm³/mol. The molecule has 0 aliphatic carbocycles. The van der Waals surface area contributed by atoms with Crippen molar-refractivity contribution in [2.45, 2.75) is 45.8 Å². The maximum atomic E-state index is 5.77. The van der Waals surface area contributed by atoms with Crippen LogP contribution in [-0.4, -0.2) is 33.6 Å². The number of rotatable bonds is 5. The van der Waals surface area contributed by atoms with Crippen LogP contribution >= 0.6 is 0 Å². The quantitative estimate of drug-likeness (QED) is 0.842. The summed E-state index contributed by atoms with van der Waals surface area (Å²) in [5, 5.41) is 0. The molecule has 0 radical (unpaired) electrons. The molecule has 1 saturated heterocycles. The molecule has 1 aromatic rings. The fraction of sp³-hybridized carbons (Fsp3) is 0.769. The SMILES string of the molecule is CCCn1cncc1CN1CC(CN)CC1C. The largest absolute Gasteiger partial charge is 0.333 e. The lowest BCUT2D eigenvalue weighted by molar-refractivity contribution is 0.249. The summed E-state index contributed by atoms with van der Waals surface area (Å²) in [6, 6.07) is 0.647. The van der Waals surface area contributed by atoms with Gasteiger partial charge in [-0.1, -0.05) is 6.92 Å². The van der Waals surface area contributed by atoms with Gasteiger partial charge in [-0.3, -0.25) is 4.90 Å². The summed E-state index contributed by atoms with van der Waals surface area (Å²) in [5.74, 6) is 0.674. The van der Waals surface area contributed by atoms with Crippen LogP contribution in [0, 0.1) is 5.92 Å².